The summed E-state index contributed by atoms with van der Waals surface area (Å²) in [6.45, 7) is 9.65. The van der Waals surface area contributed by atoms with E-state index in [1.165, 1.54) is 0 Å². The van der Waals surface area contributed by atoms with Crippen LogP contribution < -0.4 is 10.6 Å². The molecule has 0 radical (unpaired) electrons. The molecule has 0 bridgehead atoms. The van der Waals surface area contributed by atoms with Crippen molar-refractivity contribution in [2.45, 2.75) is 32.9 Å². The molecule has 1 aromatic carbocycles. The lowest BCUT2D eigenvalue weighted by Crippen LogP contribution is -2.50. The van der Waals surface area contributed by atoms with Gasteiger partial charge in [0.15, 0.2) is 5.96 Å². The van der Waals surface area contributed by atoms with Gasteiger partial charge in [-0.25, -0.2) is 0 Å². The number of aliphatic imine (C=N–C) groups is 1. The Morgan fingerprint density at radius 1 is 1.30 bits per heavy atom. The van der Waals surface area contributed by atoms with Crippen LogP contribution in [0.15, 0.2) is 29.3 Å². The fourth-order valence-electron chi connectivity index (χ4n) is 3.22. The first-order valence-corrected chi connectivity index (χ1v) is 9.37. The maximum absolute atomic E-state index is 9.01. The highest BCUT2D eigenvalue weighted by Gasteiger charge is 2.22. The summed E-state index contributed by atoms with van der Waals surface area (Å²) >= 11 is 0. The monoisotopic (exact) mass is 485 g/mol. The van der Waals surface area contributed by atoms with Gasteiger partial charge in [0.1, 0.15) is 0 Å². The lowest BCUT2D eigenvalue weighted by Gasteiger charge is -2.35. The molecule has 0 amide bonds. The van der Waals surface area contributed by atoms with Crippen molar-refractivity contribution in [1.82, 2.24) is 15.5 Å². The van der Waals surface area contributed by atoms with Gasteiger partial charge in [-0.05, 0) is 30.0 Å². The molecule has 1 fully saturated rings. The number of guanidine groups is 1. The van der Waals surface area contributed by atoms with Crippen LogP contribution in [-0.4, -0.2) is 56.8 Å². The van der Waals surface area contributed by atoms with Crippen LogP contribution in [0.4, 0.5) is 0 Å². The van der Waals surface area contributed by atoms with E-state index < -0.39 is 0 Å². The zero-order valence-electron chi connectivity index (χ0n) is 16.6. The normalized spacial score (nSPS) is 16.3. The molecule has 1 saturated heterocycles. The van der Waals surface area contributed by atoms with Crippen molar-refractivity contribution in [1.29, 1.82) is 5.26 Å². The van der Waals surface area contributed by atoms with Crippen molar-refractivity contribution in [2.24, 2.45) is 10.9 Å². The first kappa shape index (κ1) is 23.7. The Bertz CT molecular complexity index is 623. The minimum Gasteiger partial charge on any atom is -0.379 e. The Kier molecular flexibility index (Phi) is 11.3. The summed E-state index contributed by atoms with van der Waals surface area (Å²) in [6, 6.07) is 10.3. The summed E-state index contributed by atoms with van der Waals surface area (Å²) in [7, 11) is 1.78. The highest BCUT2D eigenvalue weighted by molar-refractivity contribution is 14.0. The molecule has 1 aliphatic rings. The maximum Gasteiger partial charge on any atom is 0.191 e. The molecule has 27 heavy (non-hydrogen) atoms. The van der Waals surface area contributed by atoms with Crippen molar-refractivity contribution in [2.75, 3.05) is 39.9 Å². The third kappa shape index (κ3) is 8.45. The molecule has 7 heteroatoms. The maximum atomic E-state index is 9.01. The molecule has 1 unspecified atom stereocenters. The predicted octanol–water partition coefficient (Wildman–Crippen LogP) is 2.59. The molecule has 0 aromatic heterocycles. The molecular formula is C20H32IN5O. The number of rotatable bonds is 7. The van der Waals surface area contributed by atoms with Crippen LogP contribution in [-0.2, 0) is 11.3 Å². The van der Waals surface area contributed by atoms with Crippen molar-refractivity contribution >= 4 is 29.9 Å². The van der Waals surface area contributed by atoms with Crippen molar-refractivity contribution in [3.63, 3.8) is 0 Å². The van der Waals surface area contributed by atoms with Gasteiger partial charge >= 0.3 is 0 Å². The second-order valence-corrected chi connectivity index (χ2v) is 7.05. The zero-order chi connectivity index (χ0) is 18.8. The standard InChI is InChI=1S/C20H31N5O.HI/c1-16(2)11-19(25-7-9-26-10-8-25)15-24-20(22-3)23-14-18-6-4-5-17(12-18)13-21;/h4-6,12,16,19H,7-11,14-15H2,1-3H3,(H2,22,23,24);1H. The summed E-state index contributed by atoms with van der Waals surface area (Å²) in [5.74, 6) is 1.43. The third-order valence-corrected chi connectivity index (χ3v) is 4.55. The van der Waals surface area contributed by atoms with E-state index in [4.69, 9.17) is 10.00 Å². The van der Waals surface area contributed by atoms with Crippen LogP contribution in [0.25, 0.3) is 0 Å². The number of nitrogens with zero attached hydrogens (tertiary/aromatic N) is 3. The van der Waals surface area contributed by atoms with E-state index in [2.05, 4.69) is 40.4 Å². The fraction of sp³-hybridized carbons (Fsp3) is 0.600. The van der Waals surface area contributed by atoms with Crippen LogP contribution in [0.5, 0.6) is 0 Å². The topological polar surface area (TPSA) is 72.7 Å². The largest absolute Gasteiger partial charge is 0.379 e. The number of ether oxygens (including phenoxy) is 1. The molecule has 1 heterocycles. The average molecular weight is 485 g/mol. The summed E-state index contributed by atoms with van der Waals surface area (Å²) in [5, 5.41) is 15.8. The summed E-state index contributed by atoms with van der Waals surface area (Å²) < 4.78 is 5.49. The molecule has 0 spiro atoms. The number of benzene rings is 1. The Morgan fingerprint density at radius 3 is 2.67 bits per heavy atom. The third-order valence-electron chi connectivity index (χ3n) is 4.55. The van der Waals surface area contributed by atoms with Gasteiger partial charge in [0.05, 0.1) is 24.8 Å². The van der Waals surface area contributed by atoms with Crippen molar-refractivity contribution < 1.29 is 4.74 Å². The minimum atomic E-state index is 0. The molecule has 2 N–H and O–H groups in total. The summed E-state index contributed by atoms with van der Waals surface area (Å²) in [6.07, 6.45) is 1.15. The highest BCUT2D eigenvalue weighted by Crippen LogP contribution is 2.13. The van der Waals surface area contributed by atoms with E-state index in [9.17, 15) is 0 Å². The smallest absolute Gasteiger partial charge is 0.191 e. The second kappa shape index (κ2) is 12.9. The first-order chi connectivity index (χ1) is 12.6. The fourth-order valence-corrected chi connectivity index (χ4v) is 3.22. The van der Waals surface area contributed by atoms with Gasteiger partial charge in [-0.2, -0.15) is 5.26 Å². The molecule has 1 aliphatic heterocycles. The first-order valence-electron chi connectivity index (χ1n) is 9.37. The van der Waals surface area contributed by atoms with E-state index >= 15 is 0 Å². The predicted molar refractivity (Wildman–Crippen MR) is 120 cm³/mol. The lowest BCUT2D eigenvalue weighted by molar-refractivity contribution is 0.0132. The van der Waals surface area contributed by atoms with Gasteiger partial charge in [-0.3, -0.25) is 9.89 Å². The van der Waals surface area contributed by atoms with Crippen LogP contribution >= 0.6 is 24.0 Å². The molecule has 150 valence electrons. The number of halogens is 1. The van der Waals surface area contributed by atoms with Crippen molar-refractivity contribution in [3.05, 3.63) is 35.4 Å². The minimum absolute atomic E-state index is 0. The molecule has 0 saturated carbocycles. The van der Waals surface area contributed by atoms with E-state index in [1.807, 2.05) is 24.3 Å². The van der Waals surface area contributed by atoms with Gasteiger partial charge in [0.25, 0.3) is 0 Å². The quantitative estimate of drug-likeness (QED) is 0.353. The Hall–Kier alpha value is -1.37. The number of nitrogens with one attached hydrogen (secondary N) is 2. The number of hydrogen-bond acceptors (Lipinski definition) is 4. The summed E-state index contributed by atoms with van der Waals surface area (Å²) in [5.41, 5.74) is 1.75. The molecule has 1 aromatic rings. The van der Waals surface area contributed by atoms with Crippen LogP contribution in [0.3, 0.4) is 0 Å². The molecule has 1 atom stereocenters. The van der Waals surface area contributed by atoms with E-state index in [0.717, 1.165) is 50.8 Å². The molecule has 0 aliphatic carbocycles. The average Bonchev–Trinajstić information content (AvgIpc) is 2.67. The van der Waals surface area contributed by atoms with Gasteiger partial charge in [-0.1, -0.05) is 26.0 Å². The Morgan fingerprint density at radius 2 is 2.04 bits per heavy atom. The lowest BCUT2D eigenvalue weighted by atomic mass is 10.0. The Balaban J connectivity index is 0.00000364. The van der Waals surface area contributed by atoms with Gasteiger partial charge in [-0.15, -0.1) is 24.0 Å². The van der Waals surface area contributed by atoms with Crippen molar-refractivity contribution in [3.8, 4) is 6.07 Å². The van der Waals surface area contributed by atoms with Crippen LogP contribution in [0.2, 0.25) is 0 Å². The molecule has 6 nitrogen and oxygen atoms in total. The summed E-state index contributed by atoms with van der Waals surface area (Å²) in [4.78, 5) is 6.84. The van der Waals surface area contributed by atoms with E-state index in [1.54, 1.807) is 7.05 Å². The number of morpholine rings is 1. The Labute approximate surface area is 180 Å². The van der Waals surface area contributed by atoms with Crippen LogP contribution in [0.1, 0.15) is 31.4 Å². The van der Waals surface area contributed by atoms with E-state index in [0.29, 0.717) is 24.1 Å². The van der Waals surface area contributed by atoms with Crippen LogP contribution in [0, 0.1) is 17.2 Å². The van der Waals surface area contributed by atoms with Gasteiger partial charge in [0, 0.05) is 39.3 Å². The molecular weight excluding hydrogens is 453 g/mol. The SMILES string of the molecule is CN=C(NCc1cccc(C#N)c1)NCC(CC(C)C)N1CCOCC1.I. The number of hydrogen-bond donors (Lipinski definition) is 2. The van der Waals surface area contributed by atoms with Gasteiger partial charge in [0.2, 0.25) is 0 Å². The second-order valence-electron chi connectivity index (χ2n) is 7.05. The van der Waals surface area contributed by atoms with E-state index in [-0.39, 0.29) is 24.0 Å². The zero-order valence-corrected chi connectivity index (χ0v) is 18.9. The van der Waals surface area contributed by atoms with Gasteiger partial charge < -0.3 is 15.4 Å². The highest BCUT2D eigenvalue weighted by atomic mass is 127. The molecule has 2 rings (SSSR count). The number of nitriles is 1.